The molecule has 0 fully saturated rings. The summed E-state index contributed by atoms with van der Waals surface area (Å²) in [5.41, 5.74) is 4.09. The molecule has 1 amide bonds. The molecule has 0 aromatic heterocycles. The van der Waals surface area contributed by atoms with Crippen LogP contribution in [0.2, 0.25) is 5.02 Å². The number of anilines is 1. The molecular weight excluding hydrogens is 434 g/mol. The lowest BCUT2D eigenvalue weighted by Crippen LogP contribution is -2.41. The van der Waals surface area contributed by atoms with Crippen molar-refractivity contribution in [2.75, 3.05) is 4.90 Å². The molecule has 0 saturated heterocycles. The second-order valence-electron chi connectivity index (χ2n) is 9.13. The lowest BCUT2D eigenvalue weighted by Gasteiger charge is -2.24. The third-order valence-corrected chi connectivity index (χ3v) is 7.21. The summed E-state index contributed by atoms with van der Waals surface area (Å²) in [6, 6.07) is 18.7. The normalized spacial score (nSPS) is 19.4. The van der Waals surface area contributed by atoms with E-state index in [9.17, 15) is 14.7 Å². The molecule has 2 aliphatic rings. The van der Waals surface area contributed by atoms with E-state index in [2.05, 4.69) is 0 Å². The quantitative estimate of drug-likeness (QED) is 0.510. The number of fused-ring (bicyclic) bond motifs is 2. The van der Waals surface area contributed by atoms with Crippen LogP contribution in [0.25, 0.3) is 0 Å². The number of nitrogens with zero attached hydrogens (tertiary/aromatic N) is 1. The van der Waals surface area contributed by atoms with E-state index < -0.39 is 11.5 Å². The van der Waals surface area contributed by atoms with Gasteiger partial charge in [-0.25, -0.2) is 0 Å². The summed E-state index contributed by atoms with van der Waals surface area (Å²) >= 11 is 6.24. The predicted octanol–water partition coefficient (Wildman–Crippen LogP) is 5.53. The van der Waals surface area contributed by atoms with Crippen molar-refractivity contribution in [1.82, 2.24) is 0 Å². The lowest BCUT2D eigenvalue weighted by molar-refractivity contribution is -0.136. The molecule has 0 saturated carbocycles. The fraction of sp³-hybridized carbons (Fsp3) is 0.286. The third kappa shape index (κ3) is 3.88. The van der Waals surface area contributed by atoms with Gasteiger partial charge in [0.25, 0.3) is 5.91 Å². The Bertz CT molecular complexity index is 1270. The van der Waals surface area contributed by atoms with Crippen LogP contribution in [0.3, 0.4) is 0 Å². The Morgan fingerprint density at radius 2 is 1.79 bits per heavy atom. The summed E-state index contributed by atoms with van der Waals surface area (Å²) in [6.07, 6.45) is 3.96. The summed E-state index contributed by atoms with van der Waals surface area (Å²) in [6.45, 7) is 2.31. The number of rotatable bonds is 5. The molecule has 1 aliphatic heterocycles. The number of ketones is 1. The van der Waals surface area contributed by atoms with E-state index in [1.54, 1.807) is 23.1 Å². The Morgan fingerprint density at radius 1 is 1.03 bits per heavy atom. The van der Waals surface area contributed by atoms with E-state index in [0.29, 0.717) is 28.4 Å². The topological polar surface area (TPSA) is 57.6 Å². The van der Waals surface area contributed by atoms with Gasteiger partial charge in [-0.1, -0.05) is 48.0 Å². The highest BCUT2D eigenvalue weighted by Crippen LogP contribution is 2.45. The minimum absolute atomic E-state index is 0.247. The van der Waals surface area contributed by atoms with Gasteiger partial charge in [0.15, 0.2) is 11.4 Å². The van der Waals surface area contributed by atoms with Crippen molar-refractivity contribution >= 4 is 29.0 Å². The van der Waals surface area contributed by atoms with E-state index in [4.69, 9.17) is 11.6 Å². The maximum absolute atomic E-state index is 13.6. The first-order valence-electron chi connectivity index (χ1n) is 11.4. The molecular formula is C28H26ClNO3. The summed E-state index contributed by atoms with van der Waals surface area (Å²) in [7, 11) is 0. The van der Waals surface area contributed by atoms with Gasteiger partial charge in [-0.05, 0) is 79.1 Å². The average molecular weight is 460 g/mol. The van der Waals surface area contributed by atoms with Crippen LogP contribution in [0.5, 0.6) is 0 Å². The molecule has 0 radical (unpaired) electrons. The van der Waals surface area contributed by atoms with Crippen LogP contribution in [0, 0.1) is 6.92 Å². The number of halogens is 1. The van der Waals surface area contributed by atoms with Crippen molar-refractivity contribution in [3.05, 3.63) is 99.1 Å². The summed E-state index contributed by atoms with van der Waals surface area (Å²) in [5, 5.41) is 12.1. The number of aliphatic hydroxyl groups is 1. The fourth-order valence-corrected chi connectivity index (χ4v) is 5.22. The smallest absolute Gasteiger partial charge is 0.264 e. The molecule has 3 aromatic carbocycles. The van der Waals surface area contributed by atoms with Crippen LogP contribution in [0.4, 0.5) is 5.69 Å². The van der Waals surface area contributed by atoms with E-state index in [0.717, 1.165) is 30.4 Å². The number of carbonyl (C=O) groups excluding carboxylic acids is 2. The average Bonchev–Trinajstić information content (AvgIpc) is 3.01. The first-order valence-corrected chi connectivity index (χ1v) is 11.8. The van der Waals surface area contributed by atoms with E-state index in [-0.39, 0.29) is 12.2 Å². The third-order valence-electron chi connectivity index (χ3n) is 6.97. The van der Waals surface area contributed by atoms with Crippen molar-refractivity contribution in [3.63, 3.8) is 0 Å². The number of aryl methyl sites for hydroxylation is 3. The Kier molecular flexibility index (Phi) is 5.59. The monoisotopic (exact) mass is 459 g/mol. The van der Waals surface area contributed by atoms with Crippen molar-refractivity contribution in [1.29, 1.82) is 0 Å². The van der Waals surface area contributed by atoms with Crippen molar-refractivity contribution in [2.45, 2.75) is 51.2 Å². The van der Waals surface area contributed by atoms with Gasteiger partial charge in [0.2, 0.25) is 0 Å². The summed E-state index contributed by atoms with van der Waals surface area (Å²) in [4.78, 5) is 28.4. The second kappa shape index (κ2) is 8.44. The van der Waals surface area contributed by atoms with Crippen LogP contribution >= 0.6 is 11.6 Å². The Morgan fingerprint density at radius 3 is 2.58 bits per heavy atom. The first kappa shape index (κ1) is 21.9. The molecule has 0 unspecified atom stereocenters. The summed E-state index contributed by atoms with van der Waals surface area (Å²) < 4.78 is 0. The number of hydrogen-bond acceptors (Lipinski definition) is 3. The van der Waals surface area contributed by atoms with Gasteiger partial charge in [-0.2, -0.15) is 0 Å². The molecule has 3 aromatic rings. The van der Waals surface area contributed by atoms with Crippen LogP contribution < -0.4 is 4.90 Å². The zero-order valence-electron chi connectivity index (χ0n) is 18.6. The van der Waals surface area contributed by atoms with Gasteiger partial charge in [0.1, 0.15) is 0 Å². The molecule has 1 heterocycles. The maximum atomic E-state index is 13.6. The molecule has 168 valence electrons. The van der Waals surface area contributed by atoms with Gasteiger partial charge in [0.05, 0.1) is 18.7 Å². The summed E-state index contributed by atoms with van der Waals surface area (Å²) in [5.74, 6) is -0.739. The van der Waals surface area contributed by atoms with Crippen LogP contribution in [0.15, 0.2) is 60.7 Å². The lowest BCUT2D eigenvalue weighted by atomic mass is 9.85. The van der Waals surface area contributed by atoms with Gasteiger partial charge >= 0.3 is 0 Å². The molecule has 4 nitrogen and oxygen atoms in total. The highest BCUT2D eigenvalue weighted by molar-refractivity contribution is 6.31. The fourth-order valence-electron chi connectivity index (χ4n) is 5.05. The van der Waals surface area contributed by atoms with Crippen molar-refractivity contribution < 1.29 is 14.7 Å². The van der Waals surface area contributed by atoms with E-state index in [1.807, 2.05) is 49.4 Å². The Labute approximate surface area is 198 Å². The number of Topliss-reactive ketones (excluding diaryl/α,β-unsaturated/α-hetero) is 1. The second-order valence-corrected chi connectivity index (χ2v) is 9.57. The minimum atomic E-state index is -1.95. The van der Waals surface area contributed by atoms with E-state index in [1.165, 1.54) is 17.5 Å². The number of benzene rings is 3. The van der Waals surface area contributed by atoms with Crippen molar-refractivity contribution in [3.8, 4) is 0 Å². The largest absolute Gasteiger partial charge is 0.375 e. The molecule has 1 N–H and O–H groups in total. The minimum Gasteiger partial charge on any atom is -0.375 e. The standard InChI is InChI=1S/C28H26ClNO3/c1-18-6-2-3-9-22(18)17-30-25-13-12-23(29)15-24(25)28(33,27(30)32)16-26(31)21-11-10-19-7-4-5-8-20(19)14-21/h2-3,6,9-15,33H,4-5,7-8,16-17H2,1H3/t28-/m0/s1. The maximum Gasteiger partial charge on any atom is 0.264 e. The number of hydrogen-bond donors (Lipinski definition) is 1. The van der Waals surface area contributed by atoms with Crippen LogP contribution in [-0.4, -0.2) is 16.8 Å². The van der Waals surface area contributed by atoms with E-state index >= 15 is 0 Å². The molecule has 1 aliphatic carbocycles. The SMILES string of the molecule is Cc1ccccc1CN1C(=O)[C@](O)(CC(=O)c2ccc3c(c2)CCCC3)c2cc(Cl)ccc21. The number of amides is 1. The number of carbonyl (C=O) groups is 2. The van der Waals surface area contributed by atoms with Crippen LogP contribution in [-0.2, 0) is 29.8 Å². The zero-order valence-corrected chi connectivity index (χ0v) is 19.4. The molecule has 33 heavy (non-hydrogen) atoms. The molecule has 0 bridgehead atoms. The highest BCUT2D eigenvalue weighted by Gasteiger charge is 2.51. The zero-order chi connectivity index (χ0) is 23.2. The van der Waals surface area contributed by atoms with Crippen LogP contribution in [0.1, 0.15) is 57.4 Å². The molecule has 0 spiro atoms. The highest BCUT2D eigenvalue weighted by atomic mass is 35.5. The van der Waals surface area contributed by atoms with Gasteiger partial charge < -0.3 is 10.0 Å². The Balaban J connectivity index is 1.49. The van der Waals surface area contributed by atoms with Crippen molar-refractivity contribution in [2.24, 2.45) is 0 Å². The van der Waals surface area contributed by atoms with Gasteiger partial charge in [-0.3, -0.25) is 9.59 Å². The molecule has 1 atom stereocenters. The Hall–Kier alpha value is -2.95. The van der Waals surface area contributed by atoms with Gasteiger partial charge in [-0.15, -0.1) is 0 Å². The molecule has 5 heteroatoms. The first-order chi connectivity index (χ1) is 15.9. The molecule has 5 rings (SSSR count). The predicted molar refractivity (Wildman–Crippen MR) is 130 cm³/mol. The van der Waals surface area contributed by atoms with Gasteiger partial charge in [0, 0.05) is 16.1 Å².